The van der Waals surface area contributed by atoms with E-state index < -0.39 is 29.9 Å². The van der Waals surface area contributed by atoms with Crippen LogP contribution >= 0.6 is 0 Å². The molecule has 0 saturated heterocycles. The molecule has 3 atom stereocenters. The number of hydrogen-bond donors (Lipinski definition) is 5. The number of ether oxygens (including phenoxy) is 3. The molecule has 11 heteroatoms. The molecule has 4 aromatic rings. The normalized spacial score (nSPS) is 13.0. The van der Waals surface area contributed by atoms with Crippen LogP contribution in [-0.4, -0.2) is 66.4 Å². The van der Waals surface area contributed by atoms with Crippen molar-refractivity contribution >= 4 is 28.5 Å². The number of aliphatic hydroxyl groups is 1. The van der Waals surface area contributed by atoms with Crippen molar-refractivity contribution in [3.05, 3.63) is 89.6 Å². The lowest BCUT2D eigenvalue weighted by Crippen LogP contribution is -2.50. The number of hydroxylamine groups is 1. The van der Waals surface area contributed by atoms with Crippen LogP contribution in [0.5, 0.6) is 17.2 Å². The first-order chi connectivity index (χ1) is 21.3. The molecule has 1 heterocycles. The fourth-order valence-electron chi connectivity index (χ4n) is 5.22. The third-order valence-corrected chi connectivity index (χ3v) is 7.51. The first-order valence-corrected chi connectivity index (χ1v) is 14.2. The molecule has 0 aliphatic carbocycles. The number of rotatable bonds is 15. The number of nitrogens with one attached hydrogen (secondary N) is 3. The monoisotopic (exact) mass is 603 g/mol. The molecule has 0 radical (unpaired) electrons. The first kappa shape index (κ1) is 32.1. The van der Waals surface area contributed by atoms with Crippen LogP contribution in [0, 0.1) is 5.92 Å². The summed E-state index contributed by atoms with van der Waals surface area (Å²) in [6, 6.07) is 21.0. The summed E-state index contributed by atoms with van der Waals surface area (Å²) in [7, 11) is 4.52. The van der Waals surface area contributed by atoms with E-state index in [-0.39, 0.29) is 18.6 Å². The van der Waals surface area contributed by atoms with Crippen molar-refractivity contribution in [2.75, 3.05) is 21.3 Å². The number of ketones is 1. The number of para-hydroxylation sites is 1. The highest BCUT2D eigenvalue weighted by atomic mass is 16.5. The molecule has 2 amide bonds. The summed E-state index contributed by atoms with van der Waals surface area (Å²) in [6.07, 6.45) is -0.807. The van der Waals surface area contributed by atoms with Crippen LogP contribution < -0.4 is 25.0 Å². The van der Waals surface area contributed by atoms with E-state index in [1.807, 2.05) is 54.6 Å². The van der Waals surface area contributed by atoms with Crippen LogP contribution in [0.25, 0.3) is 10.9 Å². The van der Waals surface area contributed by atoms with Crippen LogP contribution in [0.3, 0.4) is 0 Å². The van der Waals surface area contributed by atoms with Gasteiger partial charge in [-0.3, -0.25) is 19.6 Å². The number of carbonyl (C=O) groups excluding carboxylic acids is 3. The van der Waals surface area contributed by atoms with Gasteiger partial charge in [-0.15, -0.1) is 0 Å². The highest BCUT2D eigenvalue weighted by Gasteiger charge is 2.34. The highest BCUT2D eigenvalue weighted by molar-refractivity contribution is 6.04. The van der Waals surface area contributed by atoms with Crippen LogP contribution in [0.4, 0.5) is 0 Å². The highest BCUT2D eigenvalue weighted by Crippen LogP contribution is 2.38. The smallest absolute Gasteiger partial charge is 0.272 e. The second kappa shape index (κ2) is 15.0. The van der Waals surface area contributed by atoms with Gasteiger partial charge in [0, 0.05) is 17.3 Å². The Morgan fingerprint density at radius 3 is 2.11 bits per heavy atom. The molecule has 3 aromatic carbocycles. The van der Waals surface area contributed by atoms with Crippen molar-refractivity contribution in [3.63, 3.8) is 0 Å². The Morgan fingerprint density at radius 2 is 1.50 bits per heavy atom. The van der Waals surface area contributed by atoms with Gasteiger partial charge < -0.3 is 29.6 Å². The largest absolute Gasteiger partial charge is 0.493 e. The van der Waals surface area contributed by atoms with Crippen molar-refractivity contribution in [1.82, 2.24) is 15.8 Å². The lowest BCUT2D eigenvalue weighted by atomic mass is 9.91. The van der Waals surface area contributed by atoms with E-state index in [9.17, 15) is 24.7 Å². The molecule has 1 aromatic heterocycles. The Bertz CT molecular complexity index is 1530. The number of methoxy groups -OCH3 is 3. The molecule has 0 aliphatic heterocycles. The Labute approximate surface area is 255 Å². The number of hydrogen-bond acceptors (Lipinski definition) is 8. The summed E-state index contributed by atoms with van der Waals surface area (Å²) in [5.41, 5.74) is 4.15. The number of carbonyl (C=O) groups is 3. The molecule has 5 N–H and O–H groups in total. The molecule has 232 valence electrons. The third kappa shape index (κ3) is 7.55. The molecule has 0 aliphatic rings. The lowest BCUT2D eigenvalue weighted by molar-refractivity contribution is -0.146. The van der Waals surface area contributed by atoms with Gasteiger partial charge in [0.2, 0.25) is 17.4 Å². The average molecular weight is 604 g/mol. The first-order valence-electron chi connectivity index (χ1n) is 14.2. The number of H-pyrrole nitrogens is 1. The van der Waals surface area contributed by atoms with E-state index >= 15 is 0 Å². The van der Waals surface area contributed by atoms with Gasteiger partial charge in [0.1, 0.15) is 6.10 Å². The van der Waals surface area contributed by atoms with Crippen molar-refractivity contribution in [2.24, 2.45) is 5.92 Å². The van der Waals surface area contributed by atoms with Gasteiger partial charge in [-0.1, -0.05) is 48.5 Å². The molecule has 0 fully saturated rings. The summed E-state index contributed by atoms with van der Waals surface area (Å²) >= 11 is 0. The minimum absolute atomic E-state index is 0.0652. The predicted octanol–water partition coefficient (Wildman–Crippen LogP) is 3.61. The van der Waals surface area contributed by atoms with Crippen LogP contribution in [0.1, 0.15) is 34.5 Å². The number of aromatic amines is 1. The van der Waals surface area contributed by atoms with E-state index in [1.54, 1.807) is 18.2 Å². The Morgan fingerprint density at radius 1 is 0.841 bits per heavy atom. The summed E-state index contributed by atoms with van der Waals surface area (Å²) in [5.74, 6) is -2.06. The van der Waals surface area contributed by atoms with Gasteiger partial charge in [0.05, 0.1) is 39.0 Å². The van der Waals surface area contributed by atoms with Crippen LogP contribution in [0.2, 0.25) is 0 Å². The van der Waals surface area contributed by atoms with E-state index in [4.69, 9.17) is 14.2 Å². The number of aryl methyl sites for hydroxylation is 1. The van der Waals surface area contributed by atoms with Crippen molar-refractivity contribution in [3.8, 4) is 17.2 Å². The van der Waals surface area contributed by atoms with Gasteiger partial charge in [0.25, 0.3) is 5.91 Å². The molecular formula is C33H37N3O8. The topological polar surface area (TPSA) is 159 Å². The Hall–Kier alpha value is -4.87. The van der Waals surface area contributed by atoms with Gasteiger partial charge >= 0.3 is 0 Å². The van der Waals surface area contributed by atoms with Crippen LogP contribution in [0.15, 0.2) is 72.8 Å². The standard InChI is InChI=1S/C33H37N3O8/c1-42-27-17-21(18-28(43-2)31(27)44-3)12-9-14-23(29(37)33(40)36-41)32(39)35-25(16-20-10-5-4-6-11-20)30(38)26-19-22-13-7-8-15-24(22)34-26/h4-8,10-11,13,15,17-19,23,25,29,34,37,41H,9,12,14,16H2,1-3H3,(H,35,39)(H,36,40)/t23-,25+,29+/m1/s1. The maximum Gasteiger partial charge on any atom is 0.272 e. The summed E-state index contributed by atoms with van der Waals surface area (Å²) in [4.78, 5) is 42.8. The van der Waals surface area contributed by atoms with Crippen molar-refractivity contribution in [2.45, 2.75) is 37.8 Å². The zero-order chi connectivity index (χ0) is 31.6. The number of amides is 2. The number of aliphatic hydroxyl groups excluding tert-OH is 1. The fourth-order valence-corrected chi connectivity index (χ4v) is 5.22. The number of benzene rings is 3. The number of fused-ring (bicyclic) bond motifs is 1. The lowest BCUT2D eigenvalue weighted by Gasteiger charge is -2.24. The van der Waals surface area contributed by atoms with E-state index in [2.05, 4.69) is 10.3 Å². The maximum absolute atomic E-state index is 13.7. The second-order valence-electron chi connectivity index (χ2n) is 10.3. The Kier molecular flexibility index (Phi) is 11.0. The molecule has 0 bridgehead atoms. The maximum atomic E-state index is 13.7. The fraction of sp³-hybridized carbons (Fsp3) is 0.303. The minimum atomic E-state index is -1.86. The van der Waals surface area contributed by atoms with Gasteiger partial charge in [0.15, 0.2) is 11.5 Å². The summed E-state index contributed by atoms with van der Waals surface area (Å²) < 4.78 is 16.2. The number of Topliss-reactive ketones (excluding diaryl/α,β-unsaturated/α-hetero) is 1. The average Bonchev–Trinajstić information content (AvgIpc) is 3.49. The molecule has 0 saturated carbocycles. The van der Waals surface area contributed by atoms with Crippen molar-refractivity contribution < 1.29 is 38.9 Å². The SMILES string of the molecule is COc1cc(CCC[C@@H](C(=O)N[C@@H](Cc2ccccc2)C(=O)c2cc3ccccc3[nH]2)[C@H](O)C(=O)NO)cc(OC)c1OC. The quantitative estimate of drug-likeness (QED) is 0.0783. The molecule has 44 heavy (non-hydrogen) atoms. The Balaban J connectivity index is 1.56. The summed E-state index contributed by atoms with van der Waals surface area (Å²) in [5, 5.41) is 23.6. The van der Waals surface area contributed by atoms with Gasteiger partial charge in [-0.05, 0) is 54.7 Å². The second-order valence-corrected chi connectivity index (χ2v) is 10.3. The van der Waals surface area contributed by atoms with E-state index in [0.29, 0.717) is 35.8 Å². The minimum Gasteiger partial charge on any atom is -0.493 e. The van der Waals surface area contributed by atoms with Gasteiger partial charge in [-0.25, -0.2) is 5.48 Å². The zero-order valence-corrected chi connectivity index (χ0v) is 24.8. The molecular weight excluding hydrogens is 566 g/mol. The molecule has 11 nitrogen and oxygen atoms in total. The van der Waals surface area contributed by atoms with Gasteiger partial charge in [-0.2, -0.15) is 0 Å². The molecule has 4 rings (SSSR count). The van der Waals surface area contributed by atoms with Crippen LogP contribution in [-0.2, 0) is 22.4 Å². The zero-order valence-electron chi connectivity index (χ0n) is 24.8. The van der Waals surface area contributed by atoms with Crippen molar-refractivity contribution in [1.29, 1.82) is 0 Å². The molecule has 0 unspecified atom stereocenters. The third-order valence-electron chi connectivity index (χ3n) is 7.51. The van der Waals surface area contributed by atoms with E-state index in [0.717, 1.165) is 22.0 Å². The summed E-state index contributed by atoms with van der Waals surface area (Å²) in [6.45, 7) is 0. The number of aromatic nitrogens is 1. The molecule has 0 spiro atoms. The predicted molar refractivity (Wildman–Crippen MR) is 163 cm³/mol. The van der Waals surface area contributed by atoms with E-state index in [1.165, 1.54) is 26.8 Å².